The van der Waals surface area contributed by atoms with Gasteiger partial charge in [-0.2, -0.15) is 4.98 Å². The molecule has 2 heterocycles. The first-order valence-electron chi connectivity index (χ1n) is 6.02. The lowest BCUT2D eigenvalue weighted by Crippen LogP contribution is -2.06. The molecule has 0 radical (unpaired) electrons. The van der Waals surface area contributed by atoms with Crippen LogP contribution in [0.25, 0.3) is 10.2 Å². The Kier molecular flexibility index (Phi) is 4.14. The van der Waals surface area contributed by atoms with Crippen LogP contribution in [0.15, 0.2) is 11.4 Å². The molecule has 2 aromatic rings. The SMILES string of the molecule is CCCCCNc1nc(NC)nc2sccc12. The van der Waals surface area contributed by atoms with Crippen LogP contribution in [0.3, 0.4) is 0 Å². The van der Waals surface area contributed by atoms with Gasteiger partial charge in [-0.1, -0.05) is 19.8 Å². The summed E-state index contributed by atoms with van der Waals surface area (Å²) in [5.41, 5.74) is 0. The minimum atomic E-state index is 0.679. The molecular formula is C12H18N4S. The van der Waals surface area contributed by atoms with Gasteiger partial charge in [0, 0.05) is 13.6 Å². The van der Waals surface area contributed by atoms with Gasteiger partial charge < -0.3 is 10.6 Å². The first-order valence-corrected chi connectivity index (χ1v) is 6.90. The van der Waals surface area contributed by atoms with Crippen LogP contribution in [0.4, 0.5) is 11.8 Å². The van der Waals surface area contributed by atoms with Crippen LogP contribution in [-0.4, -0.2) is 23.6 Å². The first-order chi connectivity index (χ1) is 8.35. The number of aromatic nitrogens is 2. The third kappa shape index (κ3) is 2.85. The number of fused-ring (bicyclic) bond motifs is 1. The Morgan fingerprint density at radius 3 is 2.94 bits per heavy atom. The lowest BCUT2D eigenvalue weighted by atomic mass is 10.2. The smallest absolute Gasteiger partial charge is 0.225 e. The van der Waals surface area contributed by atoms with E-state index in [2.05, 4.69) is 39.0 Å². The molecule has 0 fully saturated rings. The van der Waals surface area contributed by atoms with Crippen LogP contribution < -0.4 is 10.6 Å². The first kappa shape index (κ1) is 12.1. The van der Waals surface area contributed by atoms with Crippen LogP contribution >= 0.6 is 11.3 Å². The average Bonchev–Trinajstić information content (AvgIpc) is 2.82. The second-order valence-corrected chi connectivity index (χ2v) is 4.81. The fourth-order valence-corrected chi connectivity index (χ4v) is 2.45. The maximum atomic E-state index is 4.46. The van der Waals surface area contributed by atoms with E-state index in [9.17, 15) is 0 Å². The van der Waals surface area contributed by atoms with Crippen molar-refractivity contribution in [1.82, 2.24) is 9.97 Å². The largest absolute Gasteiger partial charge is 0.369 e. The zero-order valence-corrected chi connectivity index (χ0v) is 11.1. The van der Waals surface area contributed by atoms with Crippen molar-refractivity contribution in [3.8, 4) is 0 Å². The van der Waals surface area contributed by atoms with Gasteiger partial charge in [-0.15, -0.1) is 11.3 Å². The van der Waals surface area contributed by atoms with Gasteiger partial charge >= 0.3 is 0 Å². The summed E-state index contributed by atoms with van der Waals surface area (Å²) in [6.07, 6.45) is 3.67. The third-order valence-corrected chi connectivity index (χ3v) is 3.43. The highest BCUT2D eigenvalue weighted by Crippen LogP contribution is 2.26. The van der Waals surface area contributed by atoms with Crippen molar-refractivity contribution in [2.75, 3.05) is 24.2 Å². The molecule has 2 aromatic heterocycles. The lowest BCUT2D eigenvalue weighted by molar-refractivity contribution is 0.743. The fraction of sp³-hybridized carbons (Fsp3) is 0.500. The van der Waals surface area contributed by atoms with Gasteiger partial charge in [0.2, 0.25) is 5.95 Å². The molecule has 4 nitrogen and oxygen atoms in total. The number of nitrogens with zero attached hydrogens (tertiary/aromatic N) is 2. The Labute approximate surface area is 105 Å². The molecule has 0 unspecified atom stereocenters. The standard InChI is InChI=1S/C12H18N4S/c1-3-4-5-7-14-10-9-6-8-17-11(9)16-12(13-2)15-10/h6,8H,3-5,7H2,1-2H3,(H2,13,14,15,16). The highest BCUT2D eigenvalue weighted by molar-refractivity contribution is 7.16. The van der Waals surface area contributed by atoms with Crippen LogP contribution in [0.5, 0.6) is 0 Å². The zero-order valence-electron chi connectivity index (χ0n) is 10.3. The molecular weight excluding hydrogens is 232 g/mol. The van der Waals surface area contributed by atoms with Crippen molar-refractivity contribution < 1.29 is 0 Å². The molecule has 0 spiro atoms. The summed E-state index contributed by atoms with van der Waals surface area (Å²) in [7, 11) is 1.84. The molecule has 0 aliphatic rings. The molecule has 0 atom stereocenters. The molecule has 5 heteroatoms. The molecule has 0 amide bonds. The fourth-order valence-electron chi connectivity index (χ4n) is 1.68. The van der Waals surface area contributed by atoms with E-state index >= 15 is 0 Å². The van der Waals surface area contributed by atoms with Gasteiger partial charge in [0.25, 0.3) is 0 Å². The highest BCUT2D eigenvalue weighted by Gasteiger charge is 2.07. The van der Waals surface area contributed by atoms with E-state index in [1.165, 1.54) is 19.3 Å². The molecule has 2 rings (SSSR count). The Morgan fingerprint density at radius 2 is 2.18 bits per heavy atom. The molecule has 2 N–H and O–H groups in total. The molecule has 0 bridgehead atoms. The number of thiophene rings is 1. The molecule has 0 aliphatic heterocycles. The number of nitrogens with one attached hydrogen (secondary N) is 2. The summed E-state index contributed by atoms with van der Waals surface area (Å²) in [5.74, 6) is 1.62. The van der Waals surface area contributed by atoms with Crippen LogP contribution in [0.2, 0.25) is 0 Å². The summed E-state index contributed by atoms with van der Waals surface area (Å²) >= 11 is 1.64. The number of hydrogen-bond acceptors (Lipinski definition) is 5. The van der Waals surface area contributed by atoms with Crippen LogP contribution in [-0.2, 0) is 0 Å². The highest BCUT2D eigenvalue weighted by atomic mass is 32.1. The minimum Gasteiger partial charge on any atom is -0.369 e. The van der Waals surface area contributed by atoms with E-state index in [1.54, 1.807) is 11.3 Å². The zero-order chi connectivity index (χ0) is 12.1. The van der Waals surface area contributed by atoms with Gasteiger partial charge in [-0.05, 0) is 17.9 Å². The van der Waals surface area contributed by atoms with E-state index in [4.69, 9.17) is 0 Å². The maximum absolute atomic E-state index is 4.46. The minimum absolute atomic E-state index is 0.679. The molecule has 0 aromatic carbocycles. The molecule has 0 saturated heterocycles. The topological polar surface area (TPSA) is 49.8 Å². The van der Waals surface area contributed by atoms with Crippen molar-refractivity contribution in [3.63, 3.8) is 0 Å². The van der Waals surface area contributed by atoms with Crippen molar-refractivity contribution in [2.24, 2.45) is 0 Å². The third-order valence-electron chi connectivity index (χ3n) is 2.62. The van der Waals surface area contributed by atoms with Gasteiger partial charge in [-0.25, -0.2) is 4.98 Å². The number of anilines is 2. The van der Waals surface area contributed by atoms with E-state index in [1.807, 2.05) is 7.05 Å². The summed E-state index contributed by atoms with van der Waals surface area (Å²) in [6.45, 7) is 3.18. The molecule has 0 aliphatic carbocycles. The van der Waals surface area contributed by atoms with Crippen LogP contribution in [0.1, 0.15) is 26.2 Å². The van der Waals surface area contributed by atoms with E-state index in [0.29, 0.717) is 5.95 Å². The van der Waals surface area contributed by atoms with Gasteiger partial charge in [0.15, 0.2) is 0 Å². The van der Waals surface area contributed by atoms with Crippen molar-refractivity contribution in [2.45, 2.75) is 26.2 Å². The van der Waals surface area contributed by atoms with Gasteiger partial charge in [0.1, 0.15) is 10.6 Å². The molecule has 17 heavy (non-hydrogen) atoms. The van der Waals surface area contributed by atoms with Crippen molar-refractivity contribution in [1.29, 1.82) is 0 Å². The second-order valence-electron chi connectivity index (χ2n) is 3.92. The number of hydrogen-bond donors (Lipinski definition) is 2. The second kappa shape index (κ2) is 5.82. The Morgan fingerprint density at radius 1 is 1.29 bits per heavy atom. The van der Waals surface area contributed by atoms with Crippen LogP contribution in [0, 0.1) is 0 Å². The maximum Gasteiger partial charge on any atom is 0.225 e. The predicted molar refractivity (Wildman–Crippen MR) is 75.0 cm³/mol. The summed E-state index contributed by atoms with van der Waals surface area (Å²) in [4.78, 5) is 9.91. The Bertz CT molecular complexity index is 480. The monoisotopic (exact) mass is 250 g/mol. The average molecular weight is 250 g/mol. The van der Waals surface area contributed by atoms with Gasteiger partial charge in [0.05, 0.1) is 5.39 Å². The predicted octanol–water partition coefficient (Wildman–Crippen LogP) is 3.34. The summed E-state index contributed by atoms with van der Waals surface area (Å²) in [6, 6.07) is 2.07. The van der Waals surface area contributed by atoms with E-state index < -0.39 is 0 Å². The normalized spacial score (nSPS) is 10.7. The molecule has 92 valence electrons. The summed E-state index contributed by atoms with van der Waals surface area (Å²) in [5, 5.41) is 9.56. The number of unbranched alkanes of at least 4 members (excludes halogenated alkanes) is 2. The number of rotatable bonds is 6. The summed E-state index contributed by atoms with van der Waals surface area (Å²) < 4.78 is 0. The van der Waals surface area contributed by atoms with Crippen molar-refractivity contribution in [3.05, 3.63) is 11.4 Å². The Balaban J connectivity index is 2.16. The van der Waals surface area contributed by atoms with E-state index in [0.717, 1.165) is 22.6 Å². The Hall–Kier alpha value is -1.36. The van der Waals surface area contributed by atoms with Crippen molar-refractivity contribution >= 4 is 33.3 Å². The molecule has 0 saturated carbocycles. The van der Waals surface area contributed by atoms with Gasteiger partial charge in [-0.3, -0.25) is 0 Å². The van der Waals surface area contributed by atoms with E-state index in [-0.39, 0.29) is 0 Å². The quantitative estimate of drug-likeness (QED) is 0.772. The lowest BCUT2D eigenvalue weighted by Gasteiger charge is -2.08.